The molecular formula is C11H19N3O3. The fourth-order valence-corrected chi connectivity index (χ4v) is 1.14. The molecule has 0 aliphatic rings. The minimum Gasteiger partial charge on any atom is -0.446 e. The van der Waals surface area contributed by atoms with E-state index in [1.807, 2.05) is 13.8 Å². The van der Waals surface area contributed by atoms with Crippen LogP contribution < -0.4 is 11.1 Å². The van der Waals surface area contributed by atoms with E-state index in [2.05, 4.69) is 10.3 Å². The molecule has 6 heteroatoms. The molecule has 2 unspecified atom stereocenters. The van der Waals surface area contributed by atoms with Gasteiger partial charge in [0.25, 0.3) is 5.91 Å². The molecule has 1 aromatic rings. The molecule has 0 bridgehead atoms. The summed E-state index contributed by atoms with van der Waals surface area (Å²) in [7, 11) is 0. The van der Waals surface area contributed by atoms with Crippen molar-refractivity contribution in [3.8, 4) is 0 Å². The molecule has 0 aliphatic heterocycles. The van der Waals surface area contributed by atoms with Gasteiger partial charge in [-0.3, -0.25) is 4.79 Å². The molecule has 4 N–H and O–H groups in total. The molecule has 1 amide bonds. The Kier molecular flexibility index (Phi) is 4.65. The Hall–Kier alpha value is -1.40. The van der Waals surface area contributed by atoms with Gasteiger partial charge in [-0.2, -0.15) is 0 Å². The normalized spacial score (nSPS) is 14.7. The third-order valence-corrected chi connectivity index (χ3v) is 2.23. The zero-order chi connectivity index (χ0) is 13.0. The number of hydrogen-bond acceptors (Lipinski definition) is 5. The molecule has 0 radical (unpaired) electrons. The Morgan fingerprint density at radius 2 is 2.24 bits per heavy atom. The monoisotopic (exact) mass is 241 g/mol. The quantitative estimate of drug-likeness (QED) is 0.694. The molecule has 17 heavy (non-hydrogen) atoms. The summed E-state index contributed by atoms with van der Waals surface area (Å²) in [6, 6.07) is -0.721. The smallest absolute Gasteiger partial charge is 0.273 e. The van der Waals surface area contributed by atoms with Gasteiger partial charge in [-0.05, 0) is 12.8 Å². The second-order valence-corrected chi connectivity index (χ2v) is 4.44. The average Bonchev–Trinajstić information content (AvgIpc) is 2.73. The zero-order valence-electron chi connectivity index (χ0n) is 10.3. The first-order valence-electron chi connectivity index (χ1n) is 5.59. The van der Waals surface area contributed by atoms with Crippen molar-refractivity contribution in [3.63, 3.8) is 0 Å². The summed E-state index contributed by atoms with van der Waals surface area (Å²) in [6.07, 6.45) is 0.466. The van der Waals surface area contributed by atoms with E-state index < -0.39 is 12.1 Å². The van der Waals surface area contributed by atoms with Gasteiger partial charge >= 0.3 is 0 Å². The predicted octanol–water partition coefficient (Wildman–Crippen LogP) is 0.441. The maximum atomic E-state index is 11.6. The summed E-state index contributed by atoms with van der Waals surface area (Å²) in [5, 5.41) is 12.0. The Morgan fingerprint density at radius 3 is 2.76 bits per heavy atom. The molecular weight excluding hydrogens is 222 g/mol. The van der Waals surface area contributed by atoms with E-state index in [-0.39, 0.29) is 17.5 Å². The molecule has 1 aromatic heterocycles. The van der Waals surface area contributed by atoms with Crippen molar-refractivity contribution in [3.05, 3.63) is 17.8 Å². The second kappa shape index (κ2) is 5.79. The SMILES string of the molecule is CC(C)CNC(=O)c1coc(C(N)C(C)O)n1. The predicted molar refractivity (Wildman–Crippen MR) is 62.3 cm³/mol. The van der Waals surface area contributed by atoms with Gasteiger partial charge in [0, 0.05) is 6.54 Å². The lowest BCUT2D eigenvalue weighted by Gasteiger charge is -2.09. The van der Waals surface area contributed by atoms with E-state index >= 15 is 0 Å². The highest BCUT2D eigenvalue weighted by molar-refractivity contribution is 5.91. The number of nitrogens with two attached hydrogens (primary N) is 1. The van der Waals surface area contributed by atoms with Crippen LogP contribution in [0.1, 0.15) is 43.2 Å². The number of carbonyl (C=O) groups is 1. The Balaban J connectivity index is 2.64. The van der Waals surface area contributed by atoms with E-state index in [0.717, 1.165) is 0 Å². The van der Waals surface area contributed by atoms with Gasteiger partial charge in [0.1, 0.15) is 12.3 Å². The topological polar surface area (TPSA) is 101 Å². The van der Waals surface area contributed by atoms with Crippen LogP contribution in [0, 0.1) is 5.92 Å². The number of nitrogens with one attached hydrogen (secondary N) is 1. The van der Waals surface area contributed by atoms with Crippen LogP contribution in [-0.2, 0) is 0 Å². The number of hydrogen-bond donors (Lipinski definition) is 3. The molecule has 0 aliphatic carbocycles. The molecule has 96 valence electrons. The molecule has 0 saturated heterocycles. The van der Waals surface area contributed by atoms with Crippen molar-refractivity contribution >= 4 is 5.91 Å². The summed E-state index contributed by atoms with van der Waals surface area (Å²) in [5.74, 6) is 0.228. The highest BCUT2D eigenvalue weighted by Crippen LogP contribution is 2.13. The molecule has 2 atom stereocenters. The van der Waals surface area contributed by atoms with Crippen LogP contribution >= 0.6 is 0 Å². The van der Waals surface area contributed by atoms with Crippen molar-refractivity contribution < 1.29 is 14.3 Å². The lowest BCUT2D eigenvalue weighted by atomic mass is 10.2. The summed E-state index contributed by atoms with van der Waals surface area (Å²) in [4.78, 5) is 15.6. The van der Waals surface area contributed by atoms with Gasteiger partial charge in [0.05, 0.1) is 6.10 Å². The number of aliphatic hydroxyl groups is 1. The van der Waals surface area contributed by atoms with E-state index in [4.69, 9.17) is 10.2 Å². The summed E-state index contributed by atoms with van der Waals surface area (Å²) < 4.78 is 5.06. The number of aliphatic hydroxyl groups excluding tert-OH is 1. The van der Waals surface area contributed by atoms with Gasteiger partial charge in [-0.25, -0.2) is 4.98 Å². The van der Waals surface area contributed by atoms with E-state index in [1.54, 1.807) is 0 Å². The van der Waals surface area contributed by atoms with Gasteiger partial charge in [-0.15, -0.1) is 0 Å². The van der Waals surface area contributed by atoms with Crippen molar-refractivity contribution in [2.45, 2.75) is 32.9 Å². The fourth-order valence-electron chi connectivity index (χ4n) is 1.14. The molecule has 0 saturated carbocycles. The van der Waals surface area contributed by atoms with Gasteiger partial charge in [-0.1, -0.05) is 13.8 Å². The summed E-state index contributed by atoms with van der Waals surface area (Å²) >= 11 is 0. The maximum absolute atomic E-state index is 11.6. The summed E-state index contributed by atoms with van der Waals surface area (Å²) in [6.45, 7) is 6.10. The minimum absolute atomic E-state index is 0.162. The van der Waals surface area contributed by atoms with Crippen LogP contribution in [0.25, 0.3) is 0 Å². The van der Waals surface area contributed by atoms with Crippen molar-refractivity contribution in [1.29, 1.82) is 0 Å². The number of aromatic nitrogens is 1. The van der Waals surface area contributed by atoms with E-state index in [0.29, 0.717) is 12.5 Å². The number of oxazole rings is 1. The molecule has 1 heterocycles. The number of nitrogens with zero attached hydrogens (tertiary/aromatic N) is 1. The van der Waals surface area contributed by atoms with Crippen LogP contribution in [0.4, 0.5) is 0 Å². The number of amides is 1. The lowest BCUT2D eigenvalue weighted by molar-refractivity contribution is 0.0943. The second-order valence-electron chi connectivity index (χ2n) is 4.44. The Morgan fingerprint density at radius 1 is 1.59 bits per heavy atom. The lowest BCUT2D eigenvalue weighted by Crippen LogP contribution is -2.28. The molecule has 0 aromatic carbocycles. The largest absolute Gasteiger partial charge is 0.446 e. The van der Waals surface area contributed by atoms with Gasteiger partial charge in [0.15, 0.2) is 5.69 Å². The molecule has 6 nitrogen and oxygen atoms in total. The van der Waals surface area contributed by atoms with Gasteiger partial charge in [0.2, 0.25) is 5.89 Å². The van der Waals surface area contributed by atoms with Crippen LogP contribution in [0.3, 0.4) is 0 Å². The van der Waals surface area contributed by atoms with Crippen LogP contribution in [0.2, 0.25) is 0 Å². The fraction of sp³-hybridized carbons (Fsp3) is 0.636. The average molecular weight is 241 g/mol. The first kappa shape index (κ1) is 13.7. The summed E-state index contributed by atoms with van der Waals surface area (Å²) in [5.41, 5.74) is 5.81. The van der Waals surface area contributed by atoms with Crippen molar-refractivity contribution in [2.24, 2.45) is 11.7 Å². The Bertz CT molecular complexity index is 374. The van der Waals surface area contributed by atoms with E-state index in [1.165, 1.54) is 13.2 Å². The zero-order valence-corrected chi connectivity index (χ0v) is 10.3. The maximum Gasteiger partial charge on any atom is 0.273 e. The number of carbonyl (C=O) groups excluding carboxylic acids is 1. The van der Waals surface area contributed by atoms with Gasteiger partial charge < -0.3 is 20.6 Å². The van der Waals surface area contributed by atoms with Crippen LogP contribution in [-0.4, -0.2) is 28.6 Å². The van der Waals surface area contributed by atoms with Crippen molar-refractivity contribution in [2.75, 3.05) is 6.54 Å². The van der Waals surface area contributed by atoms with Crippen molar-refractivity contribution in [1.82, 2.24) is 10.3 Å². The standard InChI is InChI=1S/C11H19N3O3/c1-6(2)4-13-10(16)8-5-17-11(14-8)9(12)7(3)15/h5-7,9,15H,4,12H2,1-3H3,(H,13,16). The highest BCUT2D eigenvalue weighted by atomic mass is 16.3. The first-order chi connectivity index (χ1) is 7.91. The first-order valence-corrected chi connectivity index (χ1v) is 5.59. The van der Waals surface area contributed by atoms with E-state index in [9.17, 15) is 9.90 Å². The molecule has 1 rings (SSSR count). The minimum atomic E-state index is -0.778. The number of rotatable bonds is 5. The molecule has 0 fully saturated rings. The Labute approximate surface area is 100 Å². The molecule has 0 spiro atoms. The van der Waals surface area contributed by atoms with Crippen LogP contribution in [0.15, 0.2) is 10.7 Å². The highest BCUT2D eigenvalue weighted by Gasteiger charge is 2.20. The third-order valence-electron chi connectivity index (χ3n) is 2.23. The van der Waals surface area contributed by atoms with Crippen LogP contribution in [0.5, 0.6) is 0 Å². The third kappa shape index (κ3) is 3.83.